The Hall–Kier alpha value is -2.80. The molecule has 7 nitrogen and oxygen atoms in total. The fourth-order valence-corrected chi connectivity index (χ4v) is 3.71. The minimum atomic E-state index is -1.10. The maximum absolute atomic E-state index is 12.7. The summed E-state index contributed by atoms with van der Waals surface area (Å²) < 4.78 is 7.39. The van der Waals surface area contributed by atoms with E-state index < -0.39 is 6.09 Å². The van der Waals surface area contributed by atoms with Gasteiger partial charge in [-0.2, -0.15) is 0 Å². The van der Waals surface area contributed by atoms with Gasteiger partial charge in [0.05, 0.1) is 22.0 Å². The first kappa shape index (κ1) is 20.9. The van der Waals surface area contributed by atoms with E-state index in [2.05, 4.69) is 10.3 Å². The third kappa shape index (κ3) is 4.45. The number of aryl methyl sites for hydroxylation is 2. The number of fused-ring (bicyclic) bond motifs is 3. The lowest BCUT2D eigenvalue weighted by Crippen LogP contribution is -2.39. The number of pyridine rings is 2. The van der Waals surface area contributed by atoms with Crippen LogP contribution in [0, 0.1) is 12.8 Å². The van der Waals surface area contributed by atoms with Crippen molar-refractivity contribution in [1.82, 2.24) is 14.9 Å². The number of nitrogens with zero attached hydrogens (tertiary/aromatic N) is 2. The quantitative estimate of drug-likeness (QED) is 0.588. The number of ether oxygens (including phenoxy) is 1. The molecule has 1 atom stereocenters. The van der Waals surface area contributed by atoms with Gasteiger partial charge in [0.15, 0.2) is 0 Å². The predicted molar refractivity (Wildman–Crippen MR) is 114 cm³/mol. The number of benzene rings is 1. The number of hydrogen-bond acceptors (Lipinski definition) is 4. The van der Waals surface area contributed by atoms with Gasteiger partial charge < -0.3 is 19.7 Å². The van der Waals surface area contributed by atoms with Crippen LogP contribution in [-0.4, -0.2) is 33.4 Å². The molecule has 8 heteroatoms. The number of rotatable bonds is 6. The highest BCUT2D eigenvalue weighted by molar-refractivity contribution is 6.33. The van der Waals surface area contributed by atoms with Crippen molar-refractivity contribution in [3.05, 3.63) is 45.5 Å². The van der Waals surface area contributed by atoms with E-state index in [0.29, 0.717) is 34.0 Å². The summed E-state index contributed by atoms with van der Waals surface area (Å²) in [5.41, 5.74) is 1.33. The molecule has 1 aromatic carbocycles. The van der Waals surface area contributed by atoms with E-state index in [-0.39, 0.29) is 18.2 Å². The fraction of sp³-hybridized carbons (Fsp3) is 0.381. The van der Waals surface area contributed by atoms with Crippen LogP contribution in [0.1, 0.15) is 26.0 Å². The van der Waals surface area contributed by atoms with E-state index in [4.69, 9.17) is 21.4 Å². The molecule has 1 amide bonds. The standard InChI is InChI=1S/C21H24ClN3O4/c1-11(2)5-13(24-21(27)28)10-29-19-8-18-15(7-17(19)22)14-6-12(3)23-9-16(14)20(26)25(18)4/h6-9,11,13,24H,5,10H2,1-4H3,(H,27,28). The zero-order chi connectivity index (χ0) is 21.3. The Morgan fingerprint density at radius 1 is 1.28 bits per heavy atom. The van der Waals surface area contributed by atoms with Crippen molar-refractivity contribution in [2.75, 3.05) is 6.61 Å². The largest absolute Gasteiger partial charge is 0.490 e. The number of nitrogens with one attached hydrogen (secondary N) is 1. The zero-order valence-electron chi connectivity index (χ0n) is 16.8. The summed E-state index contributed by atoms with van der Waals surface area (Å²) in [5, 5.41) is 14.1. The van der Waals surface area contributed by atoms with E-state index >= 15 is 0 Å². The van der Waals surface area contributed by atoms with Crippen molar-refractivity contribution in [3.63, 3.8) is 0 Å². The van der Waals surface area contributed by atoms with Crippen LogP contribution in [-0.2, 0) is 7.05 Å². The Labute approximate surface area is 173 Å². The second-order valence-electron chi connectivity index (χ2n) is 7.62. The SMILES string of the molecule is Cc1cc2c(cn1)c(=O)n(C)c1cc(OCC(CC(C)C)NC(=O)O)c(Cl)cc21. The summed E-state index contributed by atoms with van der Waals surface area (Å²) in [4.78, 5) is 28.0. The second-order valence-corrected chi connectivity index (χ2v) is 8.03. The number of amides is 1. The van der Waals surface area contributed by atoms with Gasteiger partial charge in [-0.15, -0.1) is 0 Å². The summed E-state index contributed by atoms with van der Waals surface area (Å²) in [6.07, 6.45) is 1.12. The molecule has 2 heterocycles. The first-order chi connectivity index (χ1) is 13.7. The van der Waals surface area contributed by atoms with Crippen molar-refractivity contribution in [1.29, 1.82) is 0 Å². The smallest absolute Gasteiger partial charge is 0.404 e. The minimum Gasteiger partial charge on any atom is -0.490 e. The Balaban J connectivity index is 2.03. The second kappa shape index (κ2) is 8.29. The van der Waals surface area contributed by atoms with Gasteiger partial charge in [0.25, 0.3) is 5.56 Å². The van der Waals surface area contributed by atoms with Crippen LogP contribution in [0.2, 0.25) is 5.02 Å². The lowest BCUT2D eigenvalue weighted by atomic mass is 10.0. The van der Waals surface area contributed by atoms with Gasteiger partial charge in [-0.05, 0) is 36.8 Å². The van der Waals surface area contributed by atoms with Crippen molar-refractivity contribution in [2.24, 2.45) is 13.0 Å². The van der Waals surface area contributed by atoms with Gasteiger partial charge in [-0.3, -0.25) is 9.78 Å². The lowest BCUT2D eigenvalue weighted by Gasteiger charge is -2.20. The van der Waals surface area contributed by atoms with Crippen molar-refractivity contribution < 1.29 is 14.6 Å². The monoisotopic (exact) mass is 417 g/mol. The summed E-state index contributed by atoms with van der Waals surface area (Å²) >= 11 is 6.47. The molecule has 0 saturated heterocycles. The average Bonchev–Trinajstić information content (AvgIpc) is 2.63. The van der Waals surface area contributed by atoms with Gasteiger partial charge in [0.2, 0.25) is 0 Å². The summed E-state index contributed by atoms with van der Waals surface area (Å²) in [6.45, 7) is 6.03. The van der Waals surface area contributed by atoms with Crippen molar-refractivity contribution >= 4 is 39.4 Å². The molecule has 0 aliphatic rings. The van der Waals surface area contributed by atoms with Crippen LogP contribution in [0.25, 0.3) is 21.7 Å². The summed E-state index contributed by atoms with van der Waals surface area (Å²) in [5.74, 6) is 0.701. The molecule has 2 N–H and O–H groups in total. The third-order valence-corrected chi connectivity index (χ3v) is 5.10. The third-order valence-electron chi connectivity index (χ3n) is 4.80. The number of hydrogen-bond donors (Lipinski definition) is 2. The van der Waals surface area contributed by atoms with E-state index in [1.807, 2.05) is 26.8 Å². The molecule has 0 spiro atoms. The summed E-state index contributed by atoms with van der Waals surface area (Å²) in [7, 11) is 1.69. The molecule has 29 heavy (non-hydrogen) atoms. The van der Waals surface area contributed by atoms with E-state index in [9.17, 15) is 9.59 Å². The van der Waals surface area contributed by atoms with Gasteiger partial charge in [-0.25, -0.2) is 4.79 Å². The normalized spacial score (nSPS) is 12.5. The van der Waals surface area contributed by atoms with Crippen LogP contribution in [0.5, 0.6) is 5.75 Å². The van der Waals surface area contributed by atoms with Crippen LogP contribution < -0.4 is 15.6 Å². The van der Waals surface area contributed by atoms with E-state index in [1.54, 1.807) is 29.9 Å². The molecule has 0 bridgehead atoms. The minimum absolute atomic E-state index is 0.139. The number of aromatic nitrogens is 2. The number of carboxylic acid groups (broad SMARTS) is 1. The molecule has 1 unspecified atom stereocenters. The summed E-state index contributed by atoms with van der Waals surface area (Å²) in [6, 6.07) is 5.00. The fourth-order valence-electron chi connectivity index (χ4n) is 3.49. The molecule has 0 saturated carbocycles. The van der Waals surface area contributed by atoms with Gasteiger partial charge in [-0.1, -0.05) is 25.4 Å². The molecule has 0 radical (unpaired) electrons. The Bertz CT molecular complexity index is 1140. The maximum Gasteiger partial charge on any atom is 0.404 e. The number of halogens is 1. The van der Waals surface area contributed by atoms with Crippen molar-refractivity contribution in [3.8, 4) is 5.75 Å². The highest BCUT2D eigenvalue weighted by Crippen LogP contribution is 2.33. The molecule has 154 valence electrons. The zero-order valence-corrected chi connectivity index (χ0v) is 17.6. The van der Waals surface area contributed by atoms with Gasteiger partial charge >= 0.3 is 6.09 Å². The van der Waals surface area contributed by atoms with Crippen LogP contribution >= 0.6 is 11.6 Å². The number of carbonyl (C=O) groups is 1. The molecule has 0 aliphatic heterocycles. The van der Waals surface area contributed by atoms with Gasteiger partial charge in [0, 0.05) is 30.4 Å². The van der Waals surface area contributed by atoms with Crippen molar-refractivity contribution in [2.45, 2.75) is 33.2 Å². The Kier molecular flexibility index (Phi) is 5.98. The molecule has 3 aromatic rings. The highest BCUT2D eigenvalue weighted by atomic mass is 35.5. The van der Waals surface area contributed by atoms with E-state index in [0.717, 1.165) is 16.5 Å². The Morgan fingerprint density at radius 2 is 2.00 bits per heavy atom. The molecule has 0 fully saturated rings. The molecule has 0 aliphatic carbocycles. The lowest BCUT2D eigenvalue weighted by molar-refractivity contribution is 0.176. The highest BCUT2D eigenvalue weighted by Gasteiger charge is 2.17. The topological polar surface area (TPSA) is 93.5 Å². The van der Waals surface area contributed by atoms with E-state index in [1.165, 1.54) is 0 Å². The molecule has 2 aromatic heterocycles. The van der Waals surface area contributed by atoms with Crippen LogP contribution in [0.4, 0.5) is 4.79 Å². The predicted octanol–water partition coefficient (Wildman–Crippen LogP) is 4.11. The maximum atomic E-state index is 12.7. The molecular weight excluding hydrogens is 394 g/mol. The molecule has 3 rings (SSSR count). The Morgan fingerprint density at radius 3 is 2.66 bits per heavy atom. The van der Waals surface area contributed by atoms with Crippen LogP contribution in [0.3, 0.4) is 0 Å². The van der Waals surface area contributed by atoms with Crippen LogP contribution in [0.15, 0.2) is 29.2 Å². The molecular formula is C21H24ClN3O4. The average molecular weight is 418 g/mol. The van der Waals surface area contributed by atoms with Gasteiger partial charge in [0.1, 0.15) is 12.4 Å². The first-order valence-corrected chi connectivity index (χ1v) is 9.76. The first-order valence-electron chi connectivity index (χ1n) is 9.38.